The lowest BCUT2D eigenvalue weighted by atomic mass is 9.72. The molecule has 10 nitrogen and oxygen atoms in total. The molecular weight excluding hydrogens is 676 g/mol. The zero-order chi connectivity index (χ0) is 39.6. The average molecular weight is 741 g/mol. The van der Waals surface area contributed by atoms with Crippen LogP contribution in [-0.4, -0.2) is 79.8 Å². The van der Waals surface area contributed by atoms with Crippen molar-refractivity contribution < 1.29 is 48.2 Å². The number of esters is 2. The Bertz CT molecular complexity index is 1460. The molecule has 0 spiro atoms. The van der Waals surface area contributed by atoms with Crippen LogP contribution < -0.4 is 4.74 Å². The van der Waals surface area contributed by atoms with E-state index in [0.29, 0.717) is 12.2 Å². The van der Waals surface area contributed by atoms with Crippen molar-refractivity contribution in [2.45, 2.75) is 111 Å². The molecule has 0 aromatic heterocycles. The molecule has 0 amide bonds. The summed E-state index contributed by atoms with van der Waals surface area (Å²) in [7, 11) is 4.43. The lowest BCUT2D eigenvalue weighted by molar-refractivity contribution is -0.332. The van der Waals surface area contributed by atoms with E-state index in [0.717, 1.165) is 11.1 Å². The number of carbonyl (C=O) groups excluding carboxylic acids is 2. The van der Waals surface area contributed by atoms with E-state index in [1.165, 1.54) is 21.3 Å². The Hall–Kier alpha value is -3.28. The topological polar surface area (TPSA) is 130 Å². The van der Waals surface area contributed by atoms with Gasteiger partial charge in [-0.05, 0) is 56.2 Å². The molecule has 0 aliphatic carbocycles. The van der Waals surface area contributed by atoms with Crippen LogP contribution in [0.25, 0.3) is 0 Å². The van der Waals surface area contributed by atoms with Crippen LogP contribution in [0.5, 0.6) is 5.75 Å². The Labute approximate surface area is 317 Å². The summed E-state index contributed by atoms with van der Waals surface area (Å²) in [5.74, 6) is -4.49. The lowest BCUT2D eigenvalue weighted by Gasteiger charge is -2.51. The molecular formula is C43H64O10. The molecule has 1 aromatic rings. The predicted molar refractivity (Wildman–Crippen MR) is 205 cm³/mol. The fourth-order valence-corrected chi connectivity index (χ4v) is 7.84. The van der Waals surface area contributed by atoms with Gasteiger partial charge in [-0.25, -0.2) is 4.79 Å². The SMILES string of the molecule is CO/C1=C\C(C)=C\[C@@H](C)[C@@H](O)[C@@H](C)C/C(C)=C/C=C/[C@H](OC)[C@@H]([C@@H](C)[C@@H](O)[C@H](C)[C@@]2(OC)C[C@@H](C(=O)Oc3ccccc3)[C@H](C)[C@@H](C(C)C)O2)OC1=O. The van der Waals surface area contributed by atoms with Crippen LogP contribution in [0.1, 0.15) is 75.2 Å². The van der Waals surface area contributed by atoms with Crippen LogP contribution in [0.4, 0.5) is 0 Å². The fraction of sp³-hybridized carbons (Fsp3) is 0.628. The van der Waals surface area contributed by atoms with Gasteiger partial charge in [-0.3, -0.25) is 4.79 Å². The monoisotopic (exact) mass is 740 g/mol. The number of ether oxygens (including phenoxy) is 6. The van der Waals surface area contributed by atoms with E-state index in [1.54, 1.807) is 31.2 Å². The highest BCUT2D eigenvalue weighted by Gasteiger charge is 2.55. The maximum absolute atomic E-state index is 13.8. The quantitative estimate of drug-likeness (QED) is 0.188. The zero-order valence-electron chi connectivity index (χ0n) is 33.8. The van der Waals surface area contributed by atoms with Crippen molar-refractivity contribution in [1.29, 1.82) is 0 Å². The predicted octanol–water partition coefficient (Wildman–Crippen LogP) is 7.21. The molecule has 296 valence electrons. The van der Waals surface area contributed by atoms with Crippen molar-refractivity contribution in [2.24, 2.45) is 41.4 Å². The van der Waals surface area contributed by atoms with Crippen molar-refractivity contribution in [3.05, 3.63) is 77.6 Å². The highest BCUT2D eigenvalue weighted by atomic mass is 16.7. The Morgan fingerprint density at radius 2 is 1.66 bits per heavy atom. The molecule has 3 rings (SSSR count). The van der Waals surface area contributed by atoms with E-state index in [-0.39, 0.29) is 42.0 Å². The summed E-state index contributed by atoms with van der Waals surface area (Å²) in [6.07, 6.45) is 6.01. The van der Waals surface area contributed by atoms with Crippen LogP contribution in [-0.2, 0) is 33.3 Å². The zero-order valence-corrected chi connectivity index (χ0v) is 33.8. The third kappa shape index (κ3) is 11.1. The number of aliphatic hydroxyl groups is 2. The van der Waals surface area contributed by atoms with E-state index in [9.17, 15) is 19.8 Å². The third-order valence-corrected chi connectivity index (χ3v) is 11.1. The minimum atomic E-state index is -1.38. The van der Waals surface area contributed by atoms with E-state index < -0.39 is 59.9 Å². The Morgan fingerprint density at radius 3 is 2.25 bits per heavy atom. The van der Waals surface area contributed by atoms with Gasteiger partial charge >= 0.3 is 11.9 Å². The summed E-state index contributed by atoms with van der Waals surface area (Å²) < 4.78 is 36.3. The number of methoxy groups -OCH3 is 3. The highest BCUT2D eigenvalue weighted by Crippen LogP contribution is 2.46. The molecule has 0 radical (unpaired) electrons. The standard InChI is InChI=1S/C43H64O10/c1-25(2)39-30(7)34(41(46)51-33-18-14-13-15-19-33)24-43(50-12,53-39)32(9)38(45)31(8)40-35(48-10)20-16-17-26(3)21-28(5)37(44)29(6)22-27(4)23-36(49-11)42(47)52-40/h13-20,22-23,25,28-32,34-35,37-40,44-45H,21,24H2,1-12H3/b20-16+,26-17+,27-22+,36-23-/t28-,29+,30-,31-,32-,34+,35-,37-,38+,39+,40+,43+/m0/s1. The fourth-order valence-electron chi connectivity index (χ4n) is 7.84. The van der Waals surface area contributed by atoms with Crippen LogP contribution in [0, 0.1) is 41.4 Å². The van der Waals surface area contributed by atoms with Gasteiger partial charge < -0.3 is 38.6 Å². The van der Waals surface area contributed by atoms with Gasteiger partial charge in [0, 0.05) is 38.4 Å². The van der Waals surface area contributed by atoms with E-state index in [1.807, 2.05) is 91.8 Å². The number of rotatable bonds is 10. The van der Waals surface area contributed by atoms with E-state index in [2.05, 4.69) is 0 Å². The van der Waals surface area contributed by atoms with Crippen molar-refractivity contribution in [3.8, 4) is 5.75 Å². The molecule has 10 heteroatoms. The molecule has 1 aromatic carbocycles. The second-order valence-corrected chi connectivity index (χ2v) is 15.5. The molecule has 2 N–H and O–H groups in total. The molecule has 53 heavy (non-hydrogen) atoms. The van der Waals surface area contributed by atoms with Gasteiger partial charge in [0.25, 0.3) is 0 Å². The molecule has 1 saturated heterocycles. The largest absolute Gasteiger partial charge is 0.490 e. The van der Waals surface area contributed by atoms with E-state index >= 15 is 0 Å². The smallest absolute Gasteiger partial charge is 0.373 e. The molecule has 0 unspecified atom stereocenters. The molecule has 2 heterocycles. The second-order valence-electron chi connectivity index (χ2n) is 15.5. The summed E-state index contributed by atoms with van der Waals surface area (Å²) in [5.41, 5.74) is 1.79. The molecule has 0 bridgehead atoms. The molecule has 2 aliphatic heterocycles. The first-order chi connectivity index (χ1) is 25.0. The Balaban J connectivity index is 2.04. The number of hydrogen-bond acceptors (Lipinski definition) is 10. The average Bonchev–Trinajstić information content (AvgIpc) is 3.13. The third-order valence-electron chi connectivity index (χ3n) is 11.1. The van der Waals surface area contributed by atoms with Gasteiger partial charge in [0.2, 0.25) is 5.76 Å². The second kappa shape index (κ2) is 19.9. The number of para-hydroxylation sites is 1. The first-order valence-electron chi connectivity index (χ1n) is 18.9. The van der Waals surface area contributed by atoms with Crippen molar-refractivity contribution in [1.82, 2.24) is 0 Å². The van der Waals surface area contributed by atoms with E-state index in [4.69, 9.17) is 28.4 Å². The minimum absolute atomic E-state index is 0.0155. The number of benzene rings is 1. The number of carbonyl (C=O) groups is 2. The molecule has 2 aliphatic rings. The lowest BCUT2D eigenvalue weighted by Crippen LogP contribution is -2.60. The maximum Gasteiger partial charge on any atom is 0.373 e. The minimum Gasteiger partial charge on any atom is -0.490 e. The summed E-state index contributed by atoms with van der Waals surface area (Å²) in [6.45, 7) is 17.5. The van der Waals surface area contributed by atoms with Gasteiger partial charge in [0.15, 0.2) is 5.79 Å². The normalized spacial score (nSPS) is 36.0. The van der Waals surface area contributed by atoms with Crippen LogP contribution in [0.2, 0.25) is 0 Å². The number of aliphatic hydroxyl groups excluding tert-OH is 2. The van der Waals surface area contributed by atoms with Crippen molar-refractivity contribution >= 4 is 11.9 Å². The maximum atomic E-state index is 13.8. The number of cyclic esters (lactones) is 1. The molecule has 12 atom stereocenters. The van der Waals surface area contributed by atoms with Gasteiger partial charge in [-0.1, -0.05) is 102 Å². The van der Waals surface area contributed by atoms with Gasteiger partial charge in [0.05, 0.1) is 31.3 Å². The van der Waals surface area contributed by atoms with Gasteiger partial charge in [-0.15, -0.1) is 0 Å². The first kappa shape index (κ1) is 44.1. The molecule has 1 fully saturated rings. The number of hydrogen-bond donors (Lipinski definition) is 2. The Kier molecular flexibility index (Phi) is 16.5. The van der Waals surface area contributed by atoms with Crippen LogP contribution >= 0.6 is 0 Å². The van der Waals surface area contributed by atoms with Gasteiger partial charge in [0.1, 0.15) is 18.0 Å². The van der Waals surface area contributed by atoms with Crippen molar-refractivity contribution in [3.63, 3.8) is 0 Å². The van der Waals surface area contributed by atoms with Crippen LogP contribution in [0.15, 0.2) is 77.6 Å². The summed E-state index contributed by atoms with van der Waals surface area (Å²) in [6, 6.07) is 8.94. The van der Waals surface area contributed by atoms with Gasteiger partial charge in [-0.2, -0.15) is 0 Å². The molecule has 0 saturated carbocycles. The highest BCUT2D eigenvalue weighted by molar-refractivity contribution is 5.87. The summed E-state index contributed by atoms with van der Waals surface area (Å²) in [4.78, 5) is 27.5. The summed E-state index contributed by atoms with van der Waals surface area (Å²) >= 11 is 0. The van der Waals surface area contributed by atoms with Crippen molar-refractivity contribution in [2.75, 3.05) is 21.3 Å². The Morgan fingerprint density at radius 1 is 1.00 bits per heavy atom. The number of allylic oxidation sites excluding steroid dienone is 5. The van der Waals surface area contributed by atoms with Crippen LogP contribution in [0.3, 0.4) is 0 Å². The first-order valence-corrected chi connectivity index (χ1v) is 18.9. The summed E-state index contributed by atoms with van der Waals surface area (Å²) in [5, 5.41) is 23.2.